The summed E-state index contributed by atoms with van der Waals surface area (Å²) in [4.78, 5) is 15.3. The first-order valence-electron chi connectivity index (χ1n) is 9.93. The normalized spacial score (nSPS) is 49.6. The fourth-order valence-corrected chi connectivity index (χ4v) is 7.77. The van der Waals surface area contributed by atoms with Crippen LogP contribution in [0.1, 0.15) is 24.8 Å². The van der Waals surface area contributed by atoms with Gasteiger partial charge in [0.15, 0.2) is 0 Å². The molecule has 7 atom stereocenters. The van der Waals surface area contributed by atoms with Crippen LogP contribution in [-0.4, -0.2) is 48.4 Å². The van der Waals surface area contributed by atoms with Crippen LogP contribution < -0.4 is 4.90 Å². The number of carbonyl (C=O) groups is 1. The molecule has 6 aliphatic rings. The Balaban J connectivity index is 1.56. The molecule has 134 valence electrons. The number of fused-ring (bicyclic) bond motifs is 2. The van der Waals surface area contributed by atoms with Crippen LogP contribution in [-0.2, 0) is 14.9 Å². The van der Waals surface area contributed by atoms with Gasteiger partial charge in [-0.2, -0.15) is 0 Å². The molecule has 0 N–H and O–H groups in total. The third-order valence-corrected chi connectivity index (χ3v) is 8.50. The molecule has 4 fully saturated rings. The molecular formula is C21H22N2O3. The number of hydrogen-bond acceptors (Lipinski definition) is 3. The van der Waals surface area contributed by atoms with Crippen molar-refractivity contribution in [1.82, 2.24) is 0 Å². The van der Waals surface area contributed by atoms with Crippen LogP contribution in [0, 0.1) is 17.0 Å². The van der Waals surface area contributed by atoms with Crippen molar-refractivity contribution in [3.63, 3.8) is 0 Å². The predicted octanol–water partition coefficient (Wildman–Crippen LogP) is 2.11. The highest BCUT2D eigenvalue weighted by molar-refractivity contribution is 5.99. The summed E-state index contributed by atoms with van der Waals surface area (Å²) in [5.41, 5.74) is 3.46. The van der Waals surface area contributed by atoms with Crippen LogP contribution in [0.4, 0.5) is 5.69 Å². The molecule has 5 heterocycles. The highest BCUT2D eigenvalue weighted by Crippen LogP contribution is 2.67. The summed E-state index contributed by atoms with van der Waals surface area (Å²) >= 11 is 0. The van der Waals surface area contributed by atoms with Gasteiger partial charge in [0, 0.05) is 24.4 Å². The highest BCUT2D eigenvalue weighted by Gasteiger charge is 2.74. The van der Waals surface area contributed by atoms with Crippen LogP contribution in [0.5, 0.6) is 0 Å². The molecule has 0 radical (unpaired) electrons. The number of carbonyl (C=O) groups excluding carboxylic acids is 1. The van der Waals surface area contributed by atoms with E-state index in [0.717, 1.165) is 18.5 Å². The Morgan fingerprint density at radius 3 is 3.12 bits per heavy atom. The minimum absolute atomic E-state index is 0.00175. The van der Waals surface area contributed by atoms with E-state index < -0.39 is 0 Å². The Morgan fingerprint density at radius 2 is 2.19 bits per heavy atom. The van der Waals surface area contributed by atoms with Gasteiger partial charge in [0.1, 0.15) is 12.6 Å². The summed E-state index contributed by atoms with van der Waals surface area (Å²) in [5, 5.41) is 13.9. The van der Waals surface area contributed by atoms with Gasteiger partial charge in [-0.05, 0) is 23.1 Å². The number of para-hydroxylation sites is 1. The second-order valence-electron chi connectivity index (χ2n) is 9.14. The van der Waals surface area contributed by atoms with Gasteiger partial charge in [0.05, 0.1) is 37.1 Å². The molecule has 7 rings (SSSR count). The summed E-state index contributed by atoms with van der Waals surface area (Å²) in [6.45, 7) is 1.87. The predicted molar refractivity (Wildman–Crippen MR) is 95.2 cm³/mol. The largest absolute Gasteiger partial charge is 0.632 e. The van der Waals surface area contributed by atoms with Crippen molar-refractivity contribution in [3.8, 4) is 0 Å². The average molecular weight is 350 g/mol. The number of hydroxylamine groups is 3. The number of quaternary nitrogens is 1. The fraction of sp³-hybridized carbons (Fsp3) is 0.571. The van der Waals surface area contributed by atoms with Crippen LogP contribution in [0.25, 0.3) is 0 Å². The summed E-state index contributed by atoms with van der Waals surface area (Å²) in [6.07, 6.45) is 4.51. The van der Waals surface area contributed by atoms with Gasteiger partial charge in [-0.15, -0.1) is 0 Å². The van der Waals surface area contributed by atoms with E-state index >= 15 is 0 Å². The molecule has 5 aliphatic heterocycles. The van der Waals surface area contributed by atoms with Gasteiger partial charge < -0.3 is 19.5 Å². The summed E-state index contributed by atoms with van der Waals surface area (Å²) in [6, 6.07) is 8.58. The minimum atomic E-state index is -0.174. The minimum Gasteiger partial charge on any atom is -0.632 e. The second-order valence-corrected chi connectivity index (χ2v) is 9.14. The number of piperidine rings is 2. The lowest BCUT2D eigenvalue weighted by molar-refractivity contribution is -0.896. The van der Waals surface area contributed by atoms with E-state index in [4.69, 9.17) is 4.74 Å². The van der Waals surface area contributed by atoms with Crippen molar-refractivity contribution >= 4 is 11.6 Å². The molecule has 0 unspecified atom stereocenters. The van der Waals surface area contributed by atoms with Crippen molar-refractivity contribution in [3.05, 3.63) is 46.7 Å². The zero-order valence-electron chi connectivity index (χ0n) is 14.6. The molecule has 1 aliphatic carbocycles. The van der Waals surface area contributed by atoms with Crippen molar-refractivity contribution in [1.29, 1.82) is 0 Å². The quantitative estimate of drug-likeness (QED) is 0.409. The third-order valence-electron chi connectivity index (χ3n) is 8.50. The number of benzene rings is 1. The van der Waals surface area contributed by atoms with Gasteiger partial charge in [-0.1, -0.05) is 24.3 Å². The lowest BCUT2D eigenvalue weighted by atomic mass is 9.53. The highest BCUT2D eigenvalue weighted by atomic mass is 16.6. The third kappa shape index (κ3) is 1.33. The molecule has 2 bridgehead atoms. The van der Waals surface area contributed by atoms with Crippen molar-refractivity contribution in [2.75, 3.05) is 24.6 Å². The Kier molecular flexibility index (Phi) is 2.34. The summed E-state index contributed by atoms with van der Waals surface area (Å²) in [7, 11) is 0. The molecule has 0 aromatic heterocycles. The first-order chi connectivity index (χ1) is 12.6. The van der Waals surface area contributed by atoms with E-state index in [-0.39, 0.29) is 34.2 Å². The smallest absolute Gasteiger partial charge is 0.229 e. The van der Waals surface area contributed by atoms with E-state index in [1.54, 1.807) is 0 Å². The molecule has 26 heavy (non-hydrogen) atoms. The Morgan fingerprint density at radius 1 is 1.31 bits per heavy atom. The van der Waals surface area contributed by atoms with Crippen LogP contribution in [0.15, 0.2) is 35.9 Å². The number of hydrogen-bond donors (Lipinski definition) is 0. The lowest BCUT2D eigenvalue weighted by Gasteiger charge is -2.61. The zero-order valence-corrected chi connectivity index (χ0v) is 14.6. The van der Waals surface area contributed by atoms with Gasteiger partial charge >= 0.3 is 0 Å². The number of ether oxygens (including phenoxy) is 1. The topological polar surface area (TPSA) is 52.6 Å². The van der Waals surface area contributed by atoms with Gasteiger partial charge in [-0.3, -0.25) is 4.79 Å². The lowest BCUT2D eigenvalue weighted by Crippen LogP contribution is -2.71. The van der Waals surface area contributed by atoms with Crippen LogP contribution in [0.3, 0.4) is 0 Å². The van der Waals surface area contributed by atoms with Crippen molar-refractivity contribution < 1.29 is 14.2 Å². The molecule has 1 amide bonds. The molecular weight excluding hydrogens is 328 g/mol. The van der Waals surface area contributed by atoms with E-state index in [9.17, 15) is 10.0 Å². The standard InChI is InChI=1S/C21H22N2O3/c24-18-10-16-19-13-9-17-21(6-7-23(17,25)11-12(13)5-8-26-16)14-3-1-2-4-15(14)22(18)20(19)21/h1-5,13,16-17,19-20H,6-11H2/t13-,16-,17+,19+,20-,21+,23+/m0/s1. The maximum absolute atomic E-state index is 13.9. The Bertz CT molecular complexity index is 897. The Labute approximate surface area is 152 Å². The Hall–Kier alpha value is -1.69. The van der Waals surface area contributed by atoms with Crippen molar-refractivity contribution in [2.45, 2.75) is 42.9 Å². The van der Waals surface area contributed by atoms with Crippen LogP contribution in [0.2, 0.25) is 0 Å². The monoisotopic (exact) mass is 350 g/mol. The van der Waals surface area contributed by atoms with E-state index in [2.05, 4.69) is 29.2 Å². The number of anilines is 1. The fourth-order valence-electron chi connectivity index (χ4n) is 7.77. The van der Waals surface area contributed by atoms with Crippen molar-refractivity contribution in [2.24, 2.45) is 11.8 Å². The molecule has 3 saturated heterocycles. The second kappa shape index (κ2) is 4.24. The van der Waals surface area contributed by atoms with E-state index in [1.807, 2.05) is 6.07 Å². The number of nitrogens with zero attached hydrogens (tertiary/aromatic N) is 2. The molecule has 1 saturated carbocycles. The molecule has 5 heteroatoms. The molecule has 5 nitrogen and oxygen atoms in total. The zero-order chi connectivity index (χ0) is 17.3. The number of amides is 1. The summed E-state index contributed by atoms with van der Waals surface area (Å²) < 4.78 is 6.10. The van der Waals surface area contributed by atoms with E-state index in [0.29, 0.717) is 38.0 Å². The SMILES string of the molecule is O=C1C[C@@H]2OCC=C3C[N@+]4([O-])CC[C@]56c7ccccc7N1[C@H]5[C@@H]2[C@H]3C[C@H]64. The van der Waals surface area contributed by atoms with Crippen LogP contribution >= 0.6 is 0 Å². The molecule has 1 spiro atoms. The maximum atomic E-state index is 13.9. The van der Waals surface area contributed by atoms with Gasteiger partial charge in [-0.25, -0.2) is 0 Å². The van der Waals surface area contributed by atoms with Gasteiger partial charge in [0.25, 0.3) is 0 Å². The maximum Gasteiger partial charge on any atom is 0.229 e. The van der Waals surface area contributed by atoms with E-state index in [1.165, 1.54) is 11.1 Å². The first kappa shape index (κ1) is 14.4. The van der Waals surface area contributed by atoms with Gasteiger partial charge in [0.2, 0.25) is 5.91 Å². The molecule has 1 aromatic rings. The average Bonchev–Trinajstić information content (AvgIpc) is 3.05. The number of rotatable bonds is 0. The molecule has 1 aromatic carbocycles. The summed E-state index contributed by atoms with van der Waals surface area (Å²) in [5.74, 6) is 0.922. The first-order valence-corrected chi connectivity index (χ1v) is 9.93.